The summed E-state index contributed by atoms with van der Waals surface area (Å²) >= 11 is 6.09. The maximum atomic E-state index is 12.2. The van der Waals surface area contributed by atoms with Crippen molar-refractivity contribution >= 4 is 21.6 Å². The van der Waals surface area contributed by atoms with Gasteiger partial charge >= 0.3 is 0 Å². The zero-order chi connectivity index (χ0) is 16.2. The molecule has 0 fully saturated rings. The van der Waals surface area contributed by atoms with Gasteiger partial charge in [-0.25, -0.2) is 13.1 Å². The van der Waals surface area contributed by atoms with E-state index in [-0.39, 0.29) is 11.4 Å². The average Bonchev–Trinajstić information content (AvgIpc) is 2.53. The Morgan fingerprint density at radius 1 is 1.00 bits per heavy atom. The summed E-state index contributed by atoms with van der Waals surface area (Å²) in [5.41, 5.74) is 0.666. The van der Waals surface area contributed by atoms with Crippen LogP contribution in [0.2, 0.25) is 5.02 Å². The van der Waals surface area contributed by atoms with Crippen LogP contribution in [0.5, 0.6) is 11.5 Å². The molecule has 0 aliphatic heterocycles. The Hall–Kier alpha value is -1.76. The van der Waals surface area contributed by atoms with E-state index in [1.165, 1.54) is 26.4 Å². The van der Waals surface area contributed by atoms with Gasteiger partial charge in [0.1, 0.15) is 11.5 Å². The van der Waals surface area contributed by atoms with Crippen molar-refractivity contribution in [1.29, 1.82) is 0 Å². The smallest absolute Gasteiger partial charge is 0.240 e. The van der Waals surface area contributed by atoms with E-state index in [2.05, 4.69) is 4.72 Å². The first-order valence-electron chi connectivity index (χ1n) is 6.42. The van der Waals surface area contributed by atoms with E-state index in [0.29, 0.717) is 22.1 Å². The predicted molar refractivity (Wildman–Crippen MR) is 85.0 cm³/mol. The number of rotatable bonds is 6. The molecule has 22 heavy (non-hydrogen) atoms. The highest BCUT2D eigenvalue weighted by molar-refractivity contribution is 7.89. The quantitative estimate of drug-likeness (QED) is 0.877. The zero-order valence-corrected chi connectivity index (χ0v) is 13.7. The summed E-state index contributed by atoms with van der Waals surface area (Å²) in [6.45, 7) is 0.0944. The number of hydrogen-bond acceptors (Lipinski definition) is 4. The second-order valence-electron chi connectivity index (χ2n) is 4.46. The van der Waals surface area contributed by atoms with Crippen LogP contribution in [0, 0.1) is 0 Å². The molecule has 0 bridgehead atoms. The van der Waals surface area contributed by atoms with Gasteiger partial charge in [-0.2, -0.15) is 0 Å². The topological polar surface area (TPSA) is 64.6 Å². The molecule has 0 saturated carbocycles. The van der Waals surface area contributed by atoms with Crippen molar-refractivity contribution in [3.05, 3.63) is 53.1 Å². The molecule has 0 heterocycles. The highest BCUT2D eigenvalue weighted by Crippen LogP contribution is 2.23. The maximum absolute atomic E-state index is 12.2. The van der Waals surface area contributed by atoms with E-state index in [1.54, 1.807) is 30.3 Å². The Kier molecular flexibility index (Phi) is 5.28. The van der Waals surface area contributed by atoms with Crippen molar-refractivity contribution in [1.82, 2.24) is 4.72 Å². The molecule has 118 valence electrons. The molecule has 2 aromatic carbocycles. The molecule has 5 nitrogen and oxygen atoms in total. The van der Waals surface area contributed by atoms with Gasteiger partial charge in [0.2, 0.25) is 10.0 Å². The van der Waals surface area contributed by atoms with Crippen LogP contribution in [-0.4, -0.2) is 22.6 Å². The fourth-order valence-corrected chi connectivity index (χ4v) is 3.05. The third-order valence-electron chi connectivity index (χ3n) is 3.08. The minimum atomic E-state index is -3.61. The molecule has 0 amide bonds. The minimum absolute atomic E-state index is 0.0944. The van der Waals surface area contributed by atoms with Crippen molar-refractivity contribution in [2.24, 2.45) is 0 Å². The number of sulfonamides is 1. The fraction of sp³-hybridized carbons (Fsp3) is 0.200. The molecule has 7 heteroatoms. The van der Waals surface area contributed by atoms with Crippen LogP contribution in [0.3, 0.4) is 0 Å². The molecular formula is C15H16ClNO4S. The lowest BCUT2D eigenvalue weighted by Crippen LogP contribution is -2.23. The van der Waals surface area contributed by atoms with Gasteiger partial charge in [-0.15, -0.1) is 0 Å². The molecule has 0 aliphatic rings. The van der Waals surface area contributed by atoms with Crippen molar-refractivity contribution in [2.45, 2.75) is 11.4 Å². The summed E-state index contributed by atoms with van der Waals surface area (Å²) in [4.78, 5) is 0.165. The molecule has 2 aromatic rings. The third kappa shape index (κ3) is 3.91. The van der Waals surface area contributed by atoms with Gasteiger partial charge in [-0.3, -0.25) is 0 Å². The first-order chi connectivity index (χ1) is 10.5. The van der Waals surface area contributed by atoms with Gasteiger partial charge in [-0.05, 0) is 42.0 Å². The molecule has 0 aliphatic carbocycles. The molecular weight excluding hydrogens is 326 g/mol. The van der Waals surface area contributed by atoms with Gasteiger partial charge in [0.25, 0.3) is 0 Å². The summed E-state index contributed by atoms with van der Waals surface area (Å²) in [6.07, 6.45) is 0. The summed E-state index contributed by atoms with van der Waals surface area (Å²) in [7, 11) is -0.551. The van der Waals surface area contributed by atoms with Crippen LogP contribution in [0.1, 0.15) is 5.56 Å². The molecule has 1 N–H and O–H groups in total. The molecule has 0 spiro atoms. The predicted octanol–water partition coefficient (Wildman–Crippen LogP) is 2.84. The van der Waals surface area contributed by atoms with Crippen molar-refractivity contribution in [2.75, 3.05) is 14.2 Å². The van der Waals surface area contributed by atoms with E-state index >= 15 is 0 Å². The normalized spacial score (nSPS) is 11.2. The summed E-state index contributed by atoms with van der Waals surface area (Å²) in [5, 5.41) is 0.441. The second-order valence-corrected chi connectivity index (χ2v) is 6.63. The third-order valence-corrected chi connectivity index (χ3v) is 4.85. The molecule has 0 saturated heterocycles. The van der Waals surface area contributed by atoms with Crippen LogP contribution in [0.15, 0.2) is 47.4 Å². The largest absolute Gasteiger partial charge is 0.497 e. The average molecular weight is 342 g/mol. The van der Waals surface area contributed by atoms with Gasteiger partial charge in [-0.1, -0.05) is 17.7 Å². The number of nitrogens with one attached hydrogen (secondary N) is 1. The van der Waals surface area contributed by atoms with Crippen molar-refractivity contribution < 1.29 is 17.9 Å². The zero-order valence-electron chi connectivity index (χ0n) is 12.2. The van der Waals surface area contributed by atoms with E-state index in [1.807, 2.05) is 0 Å². The van der Waals surface area contributed by atoms with Gasteiger partial charge in [0.15, 0.2) is 0 Å². The van der Waals surface area contributed by atoms with Crippen LogP contribution in [0.25, 0.3) is 0 Å². The number of benzene rings is 2. The maximum Gasteiger partial charge on any atom is 0.240 e. The lowest BCUT2D eigenvalue weighted by atomic mass is 10.2. The number of halogens is 1. The highest BCUT2D eigenvalue weighted by Gasteiger charge is 2.14. The van der Waals surface area contributed by atoms with Gasteiger partial charge < -0.3 is 9.47 Å². The lowest BCUT2D eigenvalue weighted by molar-refractivity contribution is 0.414. The minimum Gasteiger partial charge on any atom is -0.497 e. The van der Waals surface area contributed by atoms with Gasteiger partial charge in [0.05, 0.1) is 19.1 Å². The van der Waals surface area contributed by atoms with Crippen molar-refractivity contribution in [3.8, 4) is 11.5 Å². The number of methoxy groups -OCH3 is 2. The first-order valence-corrected chi connectivity index (χ1v) is 8.28. The van der Waals surface area contributed by atoms with Crippen LogP contribution in [0.4, 0.5) is 0 Å². The van der Waals surface area contributed by atoms with E-state index < -0.39 is 10.0 Å². The summed E-state index contributed by atoms with van der Waals surface area (Å²) in [5.74, 6) is 1.21. The Morgan fingerprint density at radius 3 is 2.14 bits per heavy atom. The highest BCUT2D eigenvalue weighted by atomic mass is 35.5. The SMILES string of the molecule is COc1ccc(S(=O)(=O)NCc2ccc(OC)cc2Cl)cc1. The number of hydrogen-bond donors (Lipinski definition) is 1. The summed E-state index contributed by atoms with van der Waals surface area (Å²) in [6, 6.07) is 11.2. The molecule has 0 atom stereocenters. The molecule has 0 aromatic heterocycles. The second kappa shape index (κ2) is 7.00. The molecule has 0 radical (unpaired) electrons. The summed E-state index contributed by atoms with van der Waals surface area (Å²) < 4.78 is 37.0. The van der Waals surface area contributed by atoms with Gasteiger partial charge in [0, 0.05) is 11.6 Å². The monoisotopic (exact) mass is 341 g/mol. The van der Waals surface area contributed by atoms with Crippen LogP contribution >= 0.6 is 11.6 Å². The molecule has 0 unspecified atom stereocenters. The first kappa shape index (κ1) is 16.6. The van der Waals surface area contributed by atoms with E-state index in [4.69, 9.17) is 21.1 Å². The Labute approximate surface area is 134 Å². The fourth-order valence-electron chi connectivity index (χ4n) is 1.81. The van der Waals surface area contributed by atoms with Crippen LogP contribution in [-0.2, 0) is 16.6 Å². The number of ether oxygens (including phenoxy) is 2. The van der Waals surface area contributed by atoms with E-state index in [0.717, 1.165) is 0 Å². The Bertz CT molecular complexity index is 745. The standard InChI is InChI=1S/C15H16ClNO4S/c1-20-12-5-7-14(8-6-12)22(18,19)17-10-11-3-4-13(21-2)9-15(11)16/h3-9,17H,10H2,1-2H3. The lowest BCUT2D eigenvalue weighted by Gasteiger charge is -2.09. The van der Waals surface area contributed by atoms with E-state index in [9.17, 15) is 8.42 Å². The van der Waals surface area contributed by atoms with Crippen LogP contribution < -0.4 is 14.2 Å². The Balaban J connectivity index is 2.12. The molecule has 2 rings (SSSR count). The Morgan fingerprint density at radius 2 is 1.59 bits per heavy atom. The van der Waals surface area contributed by atoms with Crippen molar-refractivity contribution in [3.63, 3.8) is 0 Å².